The Labute approximate surface area is 63.6 Å². The van der Waals surface area contributed by atoms with Gasteiger partial charge in [0.1, 0.15) is 12.4 Å². The molecule has 3 nitrogen and oxygen atoms in total. The van der Waals surface area contributed by atoms with Gasteiger partial charge in [-0.15, -0.1) is 0 Å². The smallest absolute Gasteiger partial charge is 0.211 e. The van der Waals surface area contributed by atoms with Crippen molar-refractivity contribution in [2.45, 2.75) is 18.6 Å². The van der Waals surface area contributed by atoms with Gasteiger partial charge in [-0.25, -0.2) is 9.37 Å². The van der Waals surface area contributed by atoms with Crippen molar-refractivity contribution < 1.29 is 8.81 Å². The highest BCUT2D eigenvalue weighted by Crippen LogP contribution is 2.22. The first-order chi connectivity index (χ1) is 5.36. The van der Waals surface area contributed by atoms with Crippen molar-refractivity contribution >= 4 is 0 Å². The first-order valence-corrected chi connectivity index (χ1v) is 3.63. The summed E-state index contributed by atoms with van der Waals surface area (Å²) < 4.78 is 17.7. The van der Waals surface area contributed by atoms with Crippen LogP contribution in [0.15, 0.2) is 16.9 Å². The molecule has 1 aromatic heterocycles. The number of nitrogens with one attached hydrogen (secondary N) is 1. The van der Waals surface area contributed by atoms with E-state index in [0.29, 0.717) is 18.9 Å². The highest BCUT2D eigenvalue weighted by atomic mass is 19.1. The van der Waals surface area contributed by atoms with E-state index < -0.39 is 6.17 Å². The van der Waals surface area contributed by atoms with Crippen LogP contribution >= 0.6 is 0 Å². The van der Waals surface area contributed by atoms with Crippen molar-refractivity contribution in [2.24, 2.45) is 0 Å². The first-order valence-electron chi connectivity index (χ1n) is 3.63. The molecule has 1 aliphatic rings. The van der Waals surface area contributed by atoms with Gasteiger partial charge in [0.2, 0.25) is 5.89 Å². The zero-order valence-corrected chi connectivity index (χ0v) is 5.96. The average Bonchev–Trinajstić information content (AvgIpc) is 2.55. The van der Waals surface area contributed by atoms with E-state index in [0.717, 1.165) is 0 Å². The zero-order valence-electron chi connectivity index (χ0n) is 5.96. The highest BCUT2D eigenvalue weighted by Gasteiger charge is 2.27. The molecule has 1 fully saturated rings. The Balaban J connectivity index is 2.08. The van der Waals surface area contributed by atoms with Crippen molar-refractivity contribution in [1.82, 2.24) is 10.3 Å². The Hall–Kier alpha value is -0.900. The molecule has 0 aromatic carbocycles. The van der Waals surface area contributed by atoms with E-state index >= 15 is 0 Å². The van der Waals surface area contributed by atoms with E-state index in [1.165, 1.54) is 6.26 Å². The number of halogens is 1. The van der Waals surface area contributed by atoms with Crippen molar-refractivity contribution in [3.05, 3.63) is 18.4 Å². The SMILES string of the molecule is F[C@H]1CN[C@H](c2ncco2)C1. The molecule has 0 spiro atoms. The maximum Gasteiger partial charge on any atom is 0.211 e. The summed E-state index contributed by atoms with van der Waals surface area (Å²) >= 11 is 0. The maximum absolute atomic E-state index is 12.6. The summed E-state index contributed by atoms with van der Waals surface area (Å²) in [5.74, 6) is 0.588. The molecule has 2 heterocycles. The molecule has 2 atom stereocenters. The first kappa shape index (κ1) is 6.79. The van der Waals surface area contributed by atoms with Gasteiger partial charge in [-0.05, 0) is 0 Å². The molecule has 0 unspecified atom stereocenters. The summed E-state index contributed by atoms with van der Waals surface area (Å²) in [6.07, 6.45) is 2.79. The van der Waals surface area contributed by atoms with E-state index in [2.05, 4.69) is 10.3 Å². The second kappa shape index (κ2) is 2.62. The molecular formula is C7H9FN2O. The fraction of sp³-hybridized carbons (Fsp3) is 0.571. The Morgan fingerprint density at radius 3 is 3.18 bits per heavy atom. The molecule has 0 aliphatic carbocycles. The van der Waals surface area contributed by atoms with Gasteiger partial charge in [0.15, 0.2) is 0 Å². The minimum atomic E-state index is -0.758. The second-order valence-corrected chi connectivity index (χ2v) is 2.66. The third-order valence-corrected chi connectivity index (χ3v) is 1.83. The van der Waals surface area contributed by atoms with Crippen LogP contribution < -0.4 is 5.32 Å². The summed E-state index contributed by atoms with van der Waals surface area (Å²) in [4.78, 5) is 3.94. The molecule has 0 saturated carbocycles. The number of hydrogen-bond donors (Lipinski definition) is 1. The number of hydrogen-bond acceptors (Lipinski definition) is 3. The van der Waals surface area contributed by atoms with Crippen LogP contribution in [0, 0.1) is 0 Å². The zero-order chi connectivity index (χ0) is 7.68. The molecule has 1 N–H and O–H groups in total. The normalized spacial score (nSPS) is 31.0. The quantitative estimate of drug-likeness (QED) is 0.660. The predicted octanol–water partition coefficient (Wildman–Crippen LogP) is 1.05. The Bertz CT molecular complexity index is 224. The van der Waals surface area contributed by atoms with Gasteiger partial charge in [0.25, 0.3) is 0 Å². The lowest BCUT2D eigenvalue weighted by Gasteiger charge is -2.01. The molecule has 0 amide bonds. The summed E-state index contributed by atoms with van der Waals surface area (Å²) in [5.41, 5.74) is 0. The molecule has 1 saturated heterocycles. The molecule has 60 valence electrons. The molecule has 0 bridgehead atoms. The van der Waals surface area contributed by atoms with Gasteiger partial charge in [-0.1, -0.05) is 0 Å². The maximum atomic E-state index is 12.6. The Kier molecular flexibility index (Phi) is 1.62. The summed E-state index contributed by atoms with van der Waals surface area (Å²) in [5, 5.41) is 2.98. The van der Waals surface area contributed by atoms with Crippen molar-refractivity contribution in [3.8, 4) is 0 Å². The third-order valence-electron chi connectivity index (χ3n) is 1.83. The van der Waals surface area contributed by atoms with E-state index in [1.807, 2.05) is 0 Å². The predicted molar refractivity (Wildman–Crippen MR) is 36.8 cm³/mol. The molecule has 0 radical (unpaired) electrons. The van der Waals surface area contributed by atoms with Crippen molar-refractivity contribution in [1.29, 1.82) is 0 Å². The van der Waals surface area contributed by atoms with Gasteiger partial charge in [-0.2, -0.15) is 0 Å². The lowest BCUT2D eigenvalue weighted by Crippen LogP contribution is -2.13. The van der Waals surface area contributed by atoms with Crippen LogP contribution in [0.3, 0.4) is 0 Å². The van der Waals surface area contributed by atoms with Gasteiger partial charge in [0, 0.05) is 13.0 Å². The average molecular weight is 156 g/mol. The van der Waals surface area contributed by atoms with Crippen LogP contribution in [-0.2, 0) is 0 Å². The molecule has 2 rings (SSSR count). The Morgan fingerprint density at radius 1 is 1.73 bits per heavy atom. The van der Waals surface area contributed by atoms with Crippen molar-refractivity contribution in [3.63, 3.8) is 0 Å². The van der Waals surface area contributed by atoms with E-state index in [1.54, 1.807) is 6.20 Å². The molecule has 1 aromatic rings. The van der Waals surface area contributed by atoms with Crippen molar-refractivity contribution in [2.75, 3.05) is 6.54 Å². The molecule has 4 heteroatoms. The van der Waals surface area contributed by atoms with Gasteiger partial charge in [-0.3, -0.25) is 0 Å². The van der Waals surface area contributed by atoms with Crippen LogP contribution in [0.1, 0.15) is 18.4 Å². The van der Waals surface area contributed by atoms with Gasteiger partial charge in [0.05, 0.1) is 12.2 Å². The number of rotatable bonds is 1. The van der Waals surface area contributed by atoms with E-state index in [9.17, 15) is 4.39 Å². The van der Waals surface area contributed by atoms with E-state index in [-0.39, 0.29) is 6.04 Å². The number of nitrogens with zero attached hydrogens (tertiary/aromatic N) is 1. The lowest BCUT2D eigenvalue weighted by atomic mass is 10.2. The lowest BCUT2D eigenvalue weighted by molar-refractivity contribution is 0.347. The van der Waals surface area contributed by atoms with Crippen LogP contribution in [0.25, 0.3) is 0 Å². The minimum absolute atomic E-state index is 0.0278. The van der Waals surface area contributed by atoms with Crippen LogP contribution in [0.2, 0.25) is 0 Å². The molecule has 1 aliphatic heterocycles. The minimum Gasteiger partial charge on any atom is -0.447 e. The molecule has 11 heavy (non-hydrogen) atoms. The fourth-order valence-corrected chi connectivity index (χ4v) is 1.29. The van der Waals surface area contributed by atoms with Crippen LogP contribution in [0.4, 0.5) is 4.39 Å². The number of oxazole rings is 1. The number of aromatic nitrogens is 1. The highest BCUT2D eigenvalue weighted by molar-refractivity contribution is 4.95. The standard InChI is InChI=1S/C7H9FN2O/c8-5-3-6(10-4-5)7-9-1-2-11-7/h1-2,5-6,10H,3-4H2/t5-,6+/m1/s1. The summed E-state index contributed by atoms with van der Waals surface area (Å²) in [7, 11) is 0. The third kappa shape index (κ3) is 1.26. The van der Waals surface area contributed by atoms with Gasteiger partial charge < -0.3 is 9.73 Å². The molecular weight excluding hydrogens is 147 g/mol. The second-order valence-electron chi connectivity index (χ2n) is 2.66. The number of alkyl halides is 1. The summed E-state index contributed by atoms with van der Waals surface area (Å²) in [6.45, 7) is 0.410. The van der Waals surface area contributed by atoms with Gasteiger partial charge >= 0.3 is 0 Å². The van der Waals surface area contributed by atoms with Crippen LogP contribution in [0.5, 0.6) is 0 Å². The fourth-order valence-electron chi connectivity index (χ4n) is 1.29. The van der Waals surface area contributed by atoms with Crippen LogP contribution in [-0.4, -0.2) is 17.7 Å². The monoisotopic (exact) mass is 156 g/mol. The summed E-state index contributed by atoms with van der Waals surface area (Å²) in [6, 6.07) is -0.0278. The van der Waals surface area contributed by atoms with E-state index in [4.69, 9.17) is 4.42 Å². The Morgan fingerprint density at radius 2 is 2.64 bits per heavy atom. The largest absolute Gasteiger partial charge is 0.447 e. The topological polar surface area (TPSA) is 38.1 Å².